The monoisotopic (exact) mass is 396 g/mol. The molecule has 150 valence electrons. The summed E-state index contributed by atoms with van der Waals surface area (Å²) in [6, 6.07) is 10.8. The van der Waals surface area contributed by atoms with Crippen LogP contribution in [0.1, 0.15) is 12.0 Å². The molecular formula is C21H22F2N6. The van der Waals surface area contributed by atoms with Crippen LogP contribution >= 0.6 is 0 Å². The number of anilines is 3. The number of aryl methyl sites for hydroxylation is 1. The summed E-state index contributed by atoms with van der Waals surface area (Å²) in [6.07, 6.45) is 2.64. The van der Waals surface area contributed by atoms with Crippen molar-refractivity contribution in [2.75, 3.05) is 30.4 Å². The first-order chi connectivity index (χ1) is 13.9. The topological polar surface area (TPSA) is 49.2 Å². The number of aromatic nitrogens is 3. The number of rotatable bonds is 4. The molecule has 0 amide bonds. The summed E-state index contributed by atoms with van der Waals surface area (Å²) in [4.78, 5) is 9.14. The molecule has 2 aliphatic heterocycles. The van der Waals surface area contributed by atoms with Crippen molar-refractivity contribution in [1.29, 1.82) is 0 Å². The van der Waals surface area contributed by atoms with E-state index in [1.165, 1.54) is 35.3 Å². The standard InChI is InChI=1S/C21H22F2N6/c1-13-3-16(8-17(4-13)28-11-19-9-20(28)10-27(19)2)25-21-24-12-29(26-21)18-6-14(22)5-15(23)7-18/h3-8,12,19-20H,9-11H2,1-2H3,(H,25,26)/t19-,20-/m1/s1. The molecule has 2 aromatic carbocycles. The molecule has 5 rings (SSSR count). The molecular weight excluding hydrogens is 374 g/mol. The lowest BCUT2D eigenvalue weighted by molar-refractivity contribution is 0.292. The zero-order valence-corrected chi connectivity index (χ0v) is 16.3. The Labute approximate surface area is 167 Å². The number of likely N-dealkylation sites (N-methyl/N-ethyl adjacent to an activating group) is 1. The van der Waals surface area contributed by atoms with Crippen molar-refractivity contribution in [2.45, 2.75) is 25.4 Å². The van der Waals surface area contributed by atoms with Gasteiger partial charge in [0.25, 0.3) is 0 Å². The van der Waals surface area contributed by atoms with Gasteiger partial charge in [0, 0.05) is 42.6 Å². The van der Waals surface area contributed by atoms with Crippen molar-refractivity contribution in [2.24, 2.45) is 0 Å². The van der Waals surface area contributed by atoms with Gasteiger partial charge in [-0.15, -0.1) is 5.10 Å². The van der Waals surface area contributed by atoms with Crippen molar-refractivity contribution in [3.8, 4) is 5.69 Å². The molecule has 3 heterocycles. The molecule has 2 atom stereocenters. The number of hydrogen-bond acceptors (Lipinski definition) is 5. The van der Waals surface area contributed by atoms with Crippen molar-refractivity contribution >= 4 is 17.3 Å². The van der Waals surface area contributed by atoms with E-state index in [0.717, 1.165) is 30.4 Å². The first kappa shape index (κ1) is 18.1. The minimum absolute atomic E-state index is 0.283. The quantitative estimate of drug-likeness (QED) is 0.732. The predicted octanol–water partition coefficient (Wildman–Crippen LogP) is 3.49. The van der Waals surface area contributed by atoms with E-state index in [1.807, 2.05) is 6.07 Å². The van der Waals surface area contributed by atoms with Gasteiger partial charge in [0.15, 0.2) is 0 Å². The number of likely N-dealkylation sites (tertiary alicyclic amines) is 1. The first-order valence-electron chi connectivity index (χ1n) is 9.68. The van der Waals surface area contributed by atoms with Crippen LogP contribution < -0.4 is 10.2 Å². The Kier molecular flexibility index (Phi) is 4.24. The Hall–Kier alpha value is -3.00. The fourth-order valence-corrected chi connectivity index (χ4v) is 4.43. The molecule has 6 nitrogen and oxygen atoms in total. The van der Waals surface area contributed by atoms with Crippen LogP contribution in [-0.4, -0.2) is 51.9 Å². The SMILES string of the molecule is Cc1cc(Nc2ncn(-c3cc(F)cc(F)c3)n2)cc(N2C[C@H]3C[C@@H]2CN3C)c1. The number of hydrogen-bond donors (Lipinski definition) is 1. The summed E-state index contributed by atoms with van der Waals surface area (Å²) in [6.45, 7) is 4.20. The van der Waals surface area contributed by atoms with E-state index in [4.69, 9.17) is 0 Å². The van der Waals surface area contributed by atoms with Crippen LogP contribution in [0.5, 0.6) is 0 Å². The Bertz CT molecular complexity index is 1040. The van der Waals surface area contributed by atoms with Gasteiger partial charge in [-0.25, -0.2) is 13.5 Å². The fraction of sp³-hybridized carbons (Fsp3) is 0.333. The lowest BCUT2D eigenvalue weighted by Crippen LogP contribution is -2.44. The van der Waals surface area contributed by atoms with Crippen LogP contribution in [0.3, 0.4) is 0 Å². The Morgan fingerprint density at radius 2 is 1.76 bits per heavy atom. The third kappa shape index (κ3) is 3.44. The molecule has 8 heteroatoms. The average molecular weight is 396 g/mol. The van der Waals surface area contributed by atoms with Gasteiger partial charge in [-0.2, -0.15) is 4.98 Å². The highest BCUT2D eigenvalue weighted by Crippen LogP contribution is 2.35. The summed E-state index contributed by atoms with van der Waals surface area (Å²) in [5, 5.41) is 7.52. The van der Waals surface area contributed by atoms with E-state index in [9.17, 15) is 8.78 Å². The molecule has 0 radical (unpaired) electrons. The van der Waals surface area contributed by atoms with Gasteiger partial charge >= 0.3 is 0 Å². The zero-order chi connectivity index (χ0) is 20.1. The van der Waals surface area contributed by atoms with Crippen molar-refractivity contribution in [3.63, 3.8) is 0 Å². The number of nitrogens with zero attached hydrogens (tertiary/aromatic N) is 5. The Balaban J connectivity index is 1.37. The Morgan fingerprint density at radius 1 is 0.966 bits per heavy atom. The summed E-state index contributed by atoms with van der Waals surface area (Å²) >= 11 is 0. The lowest BCUT2D eigenvalue weighted by Gasteiger charge is -2.34. The maximum Gasteiger partial charge on any atom is 0.246 e. The molecule has 0 spiro atoms. The molecule has 0 saturated carbocycles. The van der Waals surface area contributed by atoms with Gasteiger partial charge in [-0.05, 0) is 56.3 Å². The molecule has 0 aliphatic carbocycles. The minimum atomic E-state index is -0.654. The second-order valence-corrected chi connectivity index (χ2v) is 7.96. The van der Waals surface area contributed by atoms with E-state index in [-0.39, 0.29) is 5.69 Å². The summed E-state index contributed by atoms with van der Waals surface area (Å²) in [7, 11) is 2.19. The third-order valence-corrected chi connectivity index (χ3v) is 5.77. The number of halogens is 2. The van der Waals surface area contributed by atoms with Crippen LogP contribution in [0.25, 0.3) is 5.69 Å². The van der Waals surface area contributed by atoms with Crippen molar-refractivity contribution < 1.29 is 8.78 Å². The predicted molar refractivity (Wildman–Crippen MR) is 108 cm³/mol. The van der Waals surface area contributed by atoms with Gasteiger partial charge in [-0.1, -0.05) is 0 Å². The summed E-state index contributed by atoms with van der Waals surface area (Å²) in [5.74, 6) is -0.938. The number of piperazine rings is 1. The summed E-state index contributed by atoms with van der Waals surface area (Å²) < 4.78 is 28.3. The molecule has 2 fully saturated rings. The normalized spacial score (nSPS) is 21.2. The first-order valence-corrected chi connectivity index (χ1v) is 9.68. The van der Waals surface area contributed by atoms with Crippen molar-refractivity contribution in [3.05, 3.63) is 59.9 Å². The molecule has 2 bridgehead atoms. The maximum atomic E-state index is 13.5. The second kappa shape index (κ2) is 6.81. The average Bonchev–Trinajstić information content (AvgIpc) is 3.35. The van der Waals surface area contributed by atoms with Gasteiger partial charge < -0.3 is 10.2 Å². The van der Waals surface area contributed by atoms with E-state index in [2.05, 4.69) is 51.3 Å². The highest BCUT2D eigenvalue weighted by Gasteiger charge is 2.41. The van der Waals surface area contributed by atoms with Crippen LogP contribution in [0.4, 0.5) is 26.1 Å². The molecule has 2 aliphatic rings. The van der Waals surface area contributed by atoms with Gasteiger partial charge in [0.2, 0.25) is 5.95 Å². The van der Waals surface area contributed by atoms with E-state index in [1.54, 1.807) is 0 Å². The highest BCUT2D eigenvalue weighted by molar-refractivity contribution is 5.65. The third-order valence-electron chi connectivity index (χ3n) is 5.77. The van der Waals surface area contributed by atoms with E-state index >= 15 is 0 Å². The molecule has 3 aromatic rings. The van der Waals surface area contributed by atoms with Gasteiger partial charge in [0.1, 0.15) is 18.0 Å². The molecule has 1 N–H and O–H groups in total. The Morgan fingerprint density at radius 3 is 2.45 bits per heavy atom. The van der Waals surface area contributed by atoms with E-state index < -0.39 is 11.6 Å². The number of benzene rings is 2. The largest absolute Gasteiger partial charge is 0.366 e. The van der Waals surface area contributed by atoms with Gasteiger partial charge in [0.05, 0.1) is 5.69 Å². The maximum absolute atomic E-state index is 13.5. The molecule has 2 saturated heterocycles. The summed E-state index contributed by atoms with van der Waals surface area (Å²) in [5.41, 5.74) is 3.51. The van der Waals surface area contributed by atoms with E-state index in [0.29, 0.717) is 18.0 Å². The lowest BCUT2D eigenvalue weighted by atomic mass is 10.1. The zero-order valence-electron chi connectivity index (χ0n) is 16.3. The number of nitrogens with one attached hydrogen (secondary N) is 1. The minimum Gasteiger partial charge on any atom is -0.366 e. The molecule has 29 heavy (non-hydrogen) atoms. The second-order valence-electron chi connectivity index (χ2n) is 7.96. The smallest absolute Gasteiger partial charge is 0.246 e. The van der Waals surface area contributed by atoms with Crippen LogP contribution in [0.2, 0.25) is 0 Å². The van der Waals surface area contributed by atoms with Gasteiger partial charge in [-0.3, -0.25) is 4.90 Å². The molecule has 0 unspecified atom stereocenters. The highest BCUT2D eigenvalue weighted by atomic mass is 19.1. The molecule has 1 aromatic heterocycles. The number of fused-ring (bicyclic) bond motifs is 2. The van der Waals surface area contributed by atoms with Crippen LogP contribution in [0, 0.1) is 18.6 Å². The fourth-order valence-electron chi connectivity index (χ4n) is 4.43. The van der Waals surface area contributed by atoms with Crippen LogP contribution in [0.15, 0.2) is 42.7 Å². The van der Waals surface area contributed by atoms with Crippen molar-refractivity contribution in [1.82, 2.24) is 19.7 Å². The van der Waals surface area contributed by atoms with Crippen LogP contribution in [-0.2, 0) is 0 Å².